The number of alkyl halides is 3. The smallest absolute Gasteiger partial charge is 0.433 e. The Labute approximate surface area is 200 Å². The van der Waals surface area contributed by atoms with Crippen LogP contribution in [0.15, 0.2) is 60.2 Å². The lowest BCUT2D eigenvalue weighted by molar-refractivity contribution is -0.144. The maximum Gasteiger partial charge on any atom is 0.433 e. The molecule has 2 rings (SSSR count). The largest absolute Gasteiger partial charge is 0.478 e. The average molecular weight is 496 g/mol. The number of benzene rings is 1. The van der Waals surface area contributed by atoms with Crippen LogP contribution in [0.1, 0.15) is 47.6 Å². The molecule has 2 N–H and O–H groups in total. The molecule has 34 heavy (non-hydrogen) atoms. The number of carbonyl (C=O) groups excluding carboxylic acids is 1. The van der Waals surface area contributed by atoms with Crippen LogP contribution in [0.3, 0.4) is 0 Å². The van der Waals surface area contributed by atoms with E-state index < -0.39 is 35.4 Å². The summed E-state index contributed by atoms with van der Waals surface area (Å²) in [5.74, 6) is -2.00. The molecule has 0 unspecified atom stereocenters. The van der Waals surface area contributed by atoms with E-state index in [0.29, 0.717) is 20.8 Å². The molecule has 2 aromatic rings. The summed E-state index contributed by atoms with van der Waals surface area (Å²) in [5.41, 5.74) is -0.423. The van der Waals surface area contributed by atoms with Crippen LogP contribution in [0.4, 0.5) is 13.2 Å². The number of hydrogen-bond donors (Lipinski definition) is 2. The minimum Gasteiger partial charge on any atom is -0.478 e. The van der Waals surface area contributed by atoms with E-state index in [0.717, 1.165) is 13.1 Å². The fourth-order valence-corrected chi connectivity index (χ4v) is 3.50. The maximum atomic E-state index is 13.8. The second-order valence-electron chi connectivity index (χ2n) is 7.47. The zero-order valence-electron chi connectivity index (χ0n) is 18.9. The molecule has 0 radical (unpaired) electrons. The molecule has 0 aliphatic rings. The molecule has 1 amide bonds. The van der Waals surface area contributed by atoms with Gasteiger partial charge < -0.3 is 10.4 Å². The van der Waals surface area contributed by atoms with Crippen molar-refractivity contribution in [1.82, 2.24) is 15.1 Å². The zero-order valence-corrected chi connectivity index (χ0v) is 19.6. The normalized spacial score (nSPS) is 13.6. The average Bonchev–Trinajstić information content (AvgIpc) is 3.07. The molecule has 182 valence electrons. The molecule has 1 aromatic heterocycles. The van der Waals surface area contributed by atoms with Crippen molar-refractivity contribution in [1.29, 1.82) is 0 Å². The Bertz CT molecular complexity index is 1120. The van der Waals surface area contributed by atoms with Gasteiger partial charge in [-0.2, -0.15) is 18.3 Å². The number of nitrogens with one attached hydrogen (secondary N) is 1. The summed E-state index contributed by atoms with van der Waals surface area (Å²) in [6.07, 6.45) is 3.00. The van der Waals surface area contributed by atoms with Crippen LogP contribution < -0.4 is 5.32 Å². The van der Waals surface area contributed by atoms with E-state index in [9.17, 15) is 22.8 Å². The molecule has 1 heterocycles. The van der Waals surface area contributed by atoms with Gasteiger partial charge in [-0.25, -0.2) is 4.79 Å². The molecule has 0 saturated heterocycles. The SMILES string of the molecule is C/C=C\C(=CC/C=C/C(=O)O)[C@H](C)NC(=O)c1c(Cc2ccc(Cl)cc2)nn(C)c1C(F)(F)F. The quantitative estimate of drug-likeness (QED) is 0.363. The minimum atomic E-state index is -4.79. The van der Waals surface area contributed by atoms with E-state index >= 15 is 0 Å². The van der Waals surface area contributed by atoms with Crippen molar-refractivity contribution in [2.75, 3.05) is 0 Å². The highest BCUT2D eigenvalue weighted by Gasteiger charge is 2.41. The van der Waals surface area contributed by atoms with Crippen LogP contribution in [0.25, 0.3) is 0 Å². The number of carbonyl (C=O) groups is 2. The van der Waals surface area contributed by atoms with Gasteiger partial charge in [0.25, 0.3) is 5.91 Å². The third-order valence-electron chi connectivity index (χ3n) is 4.86. The number of amides is 1. The summed E-state index contributed by atoms with van der Waals surface area (Å²) < 4.78 is 42.1. The molecule has 0 spiro atoms. The summed E-state index contributed by atoms with van der Waals surface area (Å²) in [4.78, 5) is 23.7. The van der Waals surface area contributed by atoms with Gasteiger partial charge in [-0.15, -0.1) is 0 Å². The molecule has 0 saturated carbocycles. The fourth-order valence-electron chi connectivity index (χ4n) is 3.37. The topological polar surface area (TPSA) is 84.2 Å². The van der Waals surface area contributed by atoms with Crippen LogP contribution in [-0.4, -0.2) is 32.8 Å². The standard InChI is InChI=1S/C24H25ClF3N3O3/c1-4-7-17(8-5-6-9-20(32)33)15(2)29-23(34)21-19(14-16-10-12-18(25)13-11-16)30-31(3)22(21)24(26,27)28/h4,6-13,15H,5,14H2,1-3H3,(H,29,34)(H,32,33)/b7-4-,9-6+,17-8?/t15-/m0/s1. The summed E-state index contributed by atoms with van der Waals surface area (Å²) in [5, 5.41) is 15.8. The monoisotopic (exact) mass is 495 g/mol. The second-order valence-corrected chi connectivity index (χ2v) is 7.91. The lowest BCUT2D eigenvalue weighted by Gasteiger charge is -2.17. The zero-order chi connectivity index (χ0) is 25.5. The minimum absolute atomic E-state index is 0.00969. The summed E-state index contributed by atoms with van der Waals surface area (Å²) in [6.45, 7) is 3.38. The van der Waals surface area contributed by atoms with Gasteiger partial charge in [0.1, 0.15) is 0 Å². The number of hydrogen-bond acceptors (Lipinski definition) is 3. The Hall–Kier alpha value is -3.33. The molecule has 1 atom stereocenters. The van der Waals surface area contributed by atoms with Crippen molar-refractivity contribution in [2.45, 2.75) is 38.9 Å². The summed E-state index contributed by atoms with van der Waals surface area (Å²) in [6, 6.07) is 5.89. The molecular formula is C24H25ClF3N3O3. The second kappa shape index (κ2) is 11.7. The fraction of sp³-hybridized carbons (Fsp3) is 0.292. The highest BCUT2D eigenvalue weighted by molar-refractivity contribution is 6.30. The van der Waals surface area contributed by atoms with E-state index in [-0.39, 0.29) is 18.5 Å². The van der Waals surface area contributed by atoms with Crippen LogP contribution in [-0.2, 0) is 24.4 Å². The highest BCUT2D eigenvalue weighted by Crippen LogP contribution is 2.34. The number of carboxylic acid groups (broad SMARTS) is 1. The van der Waals surface area contributed by atoms with Gasteiger partial charge in [-0.1, -0.05) is 48.0 Å². The van der Waals surface area contributed by atoms with Gasteiger partial charge in [0.05, 0.1) is 17.3 Å². The predicted molar refractivity (Wildman–Crippen MR) is 124 cm³/mol. The number of halogens is 4. The molecule has 0 aliphatic carbocycles. The van der Waals surface area contributed by atoms with Crippen molar-refractivity contribution in [3.05, 3.63) is 87.8 Å². The molecule has 0 fully saturated rings. The molecule has 10 heteroatoms. The first kappa shape index (κ1) is 26.9. The number of aromatic nitrogens is 2. The number of carboxylic acids is 1. The van der Waals surface area contributed by atoms with E-state index in [4.69, 9.17) is 16.7 Å². The van der Waals surface area contributed by atoms with Crippen LogP contribution in [0.2, 0.25) is 5.02 Å². The van der Waals surface area contributed by atoms with Crippen LogP contribution in [0.5, 0.6) is 0 Å². The first-order valence-electron chi connectivity index (χ1n) is 10.3. The van der Waals surface area contributed by atoms with Gasteiger partial charge in [0.2, 0.25) is 0 Å². The first-order valence-corrected chi connectivity index (χ1v) is 10.7. The number of aliphatic carboxylic acids is 1. The third-order valence-corrected chi connectivity index (χ3v) is 5.11. The van der Waals surface area contributed by atoms with E-state index in [1.807, 2.05) is 0 Å². The van der Waals surface area contributed by atoms with Crippen LogP contribution in [0, 0.1) is 0 Å². The van der Waals surface area contributed by atoms with Crippen molar-refractivity contribution in [2.24, 2.45) is 7.05 Å². The van der Waals surface area contributed by atoms with Gasteiger partial charge in [0.15, 0.2) is 5.69 Å². The molecule has 0 bridgehead atoms. The van der Waals surface area contributed by atoms with E-state index in [2.05, 4.69) is 10.4 Å². The van der Waals surface area contributed by atoms with Crippen LogP contribution >= 0.6 is 11.6 Å². The number of allylic oxidation sites excluding steroid dienone is 3. The summed E-state index contributed by atoms with van der Waals surface area (Å²) >= 11 is 5.88. The Morgan fingerprint density at radius 3 is 2.44 bits per heavy atom. The van der Waals surface area contributed by atoms with Gasteiger partial charge in [0, 0.05) is 24.6 Å². The molecule has 6 nitrogen and oxygen atoms in total. The van der Waals surface area contributed by atoms with Crippen molar-refractivity contribution in [3.8, 4) is 0 Å². The van der Waals surface area contributed by atoms with Crippen molar-refractivity contribution < 1.29 is 27.9 Å². The Morgan fingerprint density at radius 1 is 1.24 bits per heavy atom. The lowest BCUT2D eigenvalue weighted by atomic mass is 10.0. The maximum absolute atomic E-state index is 13.8. The van der Waals surface area contributed by atoms with E-state index in [1.165, 1.54) is 6.08 Å². The Balaban J connectivity index is 2.39. The molecule has 0 aliphatic heterocycles. The number of nitrogens with zero attached hydrogens (tertiary/aromatic N) is 2. The summed E-state index contributed by atoms with van der Waals surface area (Å²) in [7, 11) is 1.15. The van der Waals surface area contributed by atoms with Crippen molar-refractivity contribution in [3.63, 3.8) is 0 Å². The van der Waals surface area contributed by atoms with Crippen molar-refractivity contribution >= 4 is 23.5 Å². The Morgan fingerprint density at radius 2 is 1.88 bits per heavy atom. The molecular weight excluding hydrogens is 471 g/mol. The van der Waals surface area contributed by atoms with Gasteiger partial charge in [-0.3, -0.25) is 9.48 Å². The Kier molecular flexibility index (Phi) is 9.26. The third kappa shape index (κ3) is 7.34. The highest BCUT2D eigenvalue weighted by atomic mass is 35.5. The molecule has 1 aromatic carbocycles. The predicted octanol–water partition coefficient (Wildman–Crippen LogP) is 5.33. The van der Waals surface area contributed by atoms with Gasteiger partial charge >= 0.3 is 12.1 Å². The van der Waals surface area contributed by atoms with Gasteiger partial charge in [-0.05, 0) is 43.5 Å². The number of rotatable bonds is 9. The number of aryl methyl sites for hydroxylation is 1. The van der Waals surface area contributed by atoms with E-state index in [1.54, 1.807) is 56.3 Å². The first-order chi connectivity index (χ1) is 15.9. The lowest BCUT2D eigenvalue weighted by Crippen LogP contribution is -2.35.